The third kappa shape index (κ3) is 2.79. The van der Waals surface area contributed by atoms with Gasteiger partial charge in [0.2, 0.25) is 0 Å². The summed E-state index contributed by atoms with van der Waals surface area (Å²) in [4.78, 5) is 7.00. The molecule has 2 saturated carbocycles. The van der Waals surface area contributed by atoms with E-state index in [0.29, 0.717) is 6.54 Å². The van der Waals surface area contributed by atoms with E-state index in [1.54, 1.807) is 0 Å². The minimum atomic E-state index is 0.717. The summed E-state index contributed by atoms with van der Waals surface area (Å²) in [6, 6.07) is 4.00. The lowest BCUT2D eigenvalue weighted by atomic mass is 9.88. The predicted octanol–water partition coefficient (Wildman–Crippen LogP) is 3.33. The number of anilines is 1. The minimum Gasteiger partial charge on any atom is -0.359 e. The van der Waals surface area contributed by atoms with Crippen LogP contribution in [0.2, 0.25) is 5.02 Å². The van der Waals surface area contributed by atoms with E-state index in [1.807, 2.05) is 19.2 Å². The van der Waals surface area contributed by atoms with Crippen LogP contribution in [-0.2, 0) is 6.54 Å². The molecular formula is C16H24ClN3. The Morgan fingerprint density at radius 2 is 2.20 bits per heavy atom. The molecule has 1 N–H and O–H groups in total. The second-order valence-corrected chi connectivity index (χ2v) is 6.85. The van der Waals surface area contributed by atoms with Gasteiger partial charge in [-0.1, -0.05) is 18.0 Å². The molecular weight excluding hydrogens is 270 g/mol. The molecule has 0 amide bonds. The van der Waals surface area contributed by atoms with Crippen LogP contribution < -0.4 is 10.2 Å². The third-order valence-electron chi connectivity index (χ3n) is 5.03. The fourth-order valence-electron chi connectivity index (χ4n) is 4.02. The molecule has 2 bridgehead atoms. The molecule has 1 heterocycles. The van der Waals surface area contributed by atoms with E-state index >= 15 is 0 Å². The summed E-state index contributed by atoms with van der Waals surface area (Å²) in [5.41, 5.74) is 0.937. The van der Waals surface area contributed by atoms with Crippen LogP contribution in [0.5, 0.6) is 0 Å². The first-order valence-corrected chi connectivity index (χ1v) is 8.06. The van der Waals surface area contributed by atoms with E-state index in [-0.39, 0.29) is 0 Å². The second-order valence-electron chi connectivity index (χ2n) is 6.44. The third-order valence-corrected chi connectivity index (χ3v) is 5.38. The Bertz CT molecular complexity index is 477. The smallest absolute Gasteiger partial charge is 0.128 e. The van der Waals surface area contributed by atoms with Gasteiger partial charge >= 0.3 is 0 Å². The monoisotopic (exact) mass is 293 g/mol. The van der Waals surface area contributed by atoms with Gasteiger partial charge in [0.05, 0.1) is 10.7 Å². The van der Waals surface area contributed by atoms with E-state index < -0.39 is 0 Å². The van der Waals surface area contributed by atoms with E-state index in [0.717, 1.165) is 40.8 Å². The Labute approximate surface area is 126 Å². The van der Waals surface area contributed by atoms with Gasteiger partial charge in [0.15, 0.2) is 0 Å². The first kappa shape index (κ1) is 14.2. The average Bonchev–Trinajstić information content (AvgIpc) is 3.03. The number of hydrogen-bond donors (Lipinski definition) is 1. The molecule has 2 aliphatic carbocycles. The van der Waals surface area contributed by atoms with Crippen molar-refractivity contribution in [3.8, 4) is 0 Å². The molecule has 3 rings (SSSR count). The van der Waals surface area contributed by atoms with Crippen molar-refractivity contribution >= 4 is 17.4 Å². The largest absolute Gasteiger partial charge is 0.359 e. The Kier molecular flexibility index (Phi) is 4.18. The number of halogens is 1. The number of pyridine rings is 1. The zero-order chi connectivity index (χ0) is 14.1. The Balaban J connectivity index is 1.67. The zero-order valence-electron chi connectivity index (χ0n) is 12.4. The molecule has 4 heteroatoms. The summed E-state index contributed by atoms with van der Waals surface area (Å²) in [6.07, 6.45) is 5.81. The van der Waals surface area contributed by atoms with Crippen LogP contribution in [0.4, 0.5) is 5.82 Å². The van der Waals surface area contributed by atoms with Gasteiger partial charge in [0.25, 0.3) is 0 Å². The molecule has 0 spiro atoms. The number of aromatic nitrogens is 1. The van der Waals surface area contributed by atoms with Crippen LogP contribution in [0, 0.1) is 17.8 Å². The Morgan fingerprint density at radius 3 is 2.85 bits per heavy atom. The van der Waals surface area contributed by atoms with Gasteiger partial charge in [-0.05, 0) is 56.2 Å². The van der Waals surface area contributed by atoms with Crippen LogP contribution in [0.1, 0.15) is 31.4 Å². The van der Waals surface area contributed by atoms with Gasteiger partial charge in [-0.3, -0.25) is 0 Å². The second kappa shape index (κ2) is 5.90. The molecule has 0 aliphatic heterocycles. The maximum Gasteiger partial charge on any atom is 0.128 e. The summed E-state index contributed by atoms with van der Waals surface area (Å²) in [7, 11) is 4.08. The van der Waals surface area contributed by atoms with Gasteiger partial charge in [-0.25, -0.2) is 4.98 Å². The SMILES string of the molecule is CNCc1nc(N(C)CC2CC3CCC2C3)ccc1Cl. The van der Waals surface area contributed by atoms with Crippen molar-refractivity contribution in [1.82, 2.24) is 10.3 Å². The van der Waals surface area contributed by atoms with Crippen molar-refractivity contribution in [1.29, 1.82) is 0 Å². The number of nitrogens with one attached hydrogen (secondary N) is 1. The van der Waals surface area contributed by atoms with Crippen molar-refractivity contribution in [2.75, 3.05) is 25.5 Å². The van der Waals surface area contributed by atoms with Gasteiger partial charge in [0, 0.05) is 20.1 Å². The van der Waals surface area contributed by atoms with Crippen molar-refractivity contribution in [3.05, 3.63) is 22.8 Å². The molecule has 0 saturated heterocycles. The van der Waals surface area contributed by atoms with Gasteiger partial charge in [-0.2, -0.15) is 0 Å². The fourth-order valence-corrected chi connectivity index (χ4v) is 4.19. The molecule has 1 aromatic rings. The topological polar surface area (TPSA) is 28.2 Å². The maximum atomic E-state index is 6.18. The van der Waals surface area contributed by atoms with Crippen LogP contribution in [-0.4, -0.2) is 25.6 Å². The normalized spacial score (nSPS) is 28.1. The molecule has 2 aliphatic rings. The van der Waals surface area contributed by atoms with Crippen molar-refractivity contribution in [2.45, 2.75) is 32.2 Å². The minimum absolute atomic E-state index is 0.717. The molecule has 3 unspecified atom stereocenters. The Morgan fingerprint density at radius 1 is 1.35 bits per heavy atom. The van der Waals surface area contributed by atoms with Crippen LogP contribution >= 0.6 is 11.6 Å². The van der Waals surface area contributed by atoms with Crippen molar-refractivity contribution < 1.29 is 0 Å². The molecule has 3 nitrogen and oxygen atoms in total. The molecule has 110 valence electrons. The van der Waals surface area contributed by atoms with Crippen LogP contribution in [0.3, 0.4) is 0 Å². The number of rotatable bonds is 5. The molecule has 1 aromatic heterocycles. The van der Waals surface area contributed by atoms with E-state index in [1.165, 1.54) is 25.7 Å². The zero-order valence-corrected chi connectivity index (χ0v) is 13.2. The fraction of sp³-hybridized carbons (Fsp3) is 0.688. The van der Waals surface area contributed by atoms with Crippen molar-refractivity contribution in [2.24, 2.45) is 17.8 Å². The predicted molar refractivity (Wildman–Crippen MR) is 84.2 cm³/mol. The van der Waals surface area contributed by atoms with Gasteiger partial charge < -0.3 is 10.2 Å². The lowest BCUT2D eigenvalue weighted by Crippen LogP contribution is -2.29. The van der Waals surface area contributed by atoms with Crippen LogP contribution in [0.25, 0.3) is 0 Å². The lowest BCUT2D eigenvalue weighted by Gasteiger charge is -2.28. The quantitative estimate of drug-likeness (QED) is 0.902. The molecule has 2 fully saturated rings. The maximum absolute atomic E-state index is 6.18. The van der Waals surface area contributed by atoms with E-state index in [2.05, 4.69) is 17.3 Å². The van der Waals surface area contributed by atoms with Crippen LogP contribution in [0.15, 0.2) is 12.1 Å². The average molecular weight is 294 g/mol. The number of fused-ring (bicyclic) bond motifs is 2. The summed E-state index contributed by atoms with van der Waals surface area (Å²) in [5, 5.41) is 3.87. The standard InChI is InChI=1S/C16H24ClN3/c1-18-9-15-14(17)5-6-16(19-15)20(2)10-13-8-11-3-4-12(13)7-11/h5-6,11-13,18H,3-4,7-10H2,1-2H3. The summed E-state index contributed by atoms with van der Waals surface area (Å²) in [6.45, 7) is 1.85. The summed E-state index contributed by atoms with van der Waals surface area (Å²) >= 11 is 6.18. The molecule has 0 aromatic carbocycles. The summed E-state index contributed by atoms with van der Waals surface area (Å²) < 4.78 is 0. The van der Waals surface area contributed by atoms with Gasteiger partial charge in [-0.15, -0.1) is 0 Å². The first-order valence-electron chi connectivity index (χ1n) is 7.68. The number of hydrogen-bond acceptors (Lipinski definition) is 3. The van der Waals surface area contributed by atoms with E-state index in [9.17, 15) is 0 Å². The highest BCUT2D eigenvalue weighted by atomic mass is 35.5. The van der Waals surface area contributed by atoms with E-state index in [4.69, 9.17) is 16.6 Å². The highest BCUT2D eigenvalue weighted by Crippen LogP contribution is 2.48. The first-order chi connectivity index (χ1) is 9.67. The van der Waals surface area contributed by atoms with Crippen molar-refractivity contribution in [3.63, 3.8) is 0 Å². The highest BCUT2D eigenvalue weighted by Gasteiger charge is 2.39. The number of nitrogens with zero attached hydrogens (tertiary/aromatic N) is 2. The molecule has 0 radical (unpaired) electrons. The lowest BCUT2D eigenvalue weighted by molar-refractivity contribution is 0.337. The Hall–Kier alpha value is -0.800. The summed E-state index contributed by atoms with van der Waals surface area (Å²) in [5.74, 6) is 3.88. The molecule has 3 atom stereocenters. The van der Waals surface area contributed by atoms with Gasteiger partial charge in [0.1, 0.15) is 5.82 Å². The highest BCUT2D eigenvalue weighted by molar-refractivity contribution is 6.31. The molecule has 20 heavy (non-hydrogen) atoms.